The first kappa shape index (κ1) is 13.7. The Labute approximate surface area is 121 Å². The van der Waals surface area contributed by atoms with Gasteiger partial charge in [-0.25, -0.2) is 4.98 Å². The molecule has 3 unspecified atom stereocenters. The van der Waals surface area contributed by atoms with Crippen LogP contribution < -0.4 is 0 Å². The number of carbonyl (C=O) groups is 1. The predicted octanol–water partition coefficient (Wildman–Crippen LogP) is 2.97. The molecule has 3 atom stereocenters. The fraction of sp³-hybridized carbons (Fsp3) is 0.750. The first-order valence-electron chi connectivity index (χ1n) is 7.97. The first-order chi connectivity index (χ1) is 9.74. The molecular formula is C16H25N3O. The number of imidazole rings is 1. The molecule has 0 saturated heterocycles. The first-order valence-corrected chi connectivity index (χ1v) is 7.97. The highest BCUT2D eigenvalue weighted by atomic mass is 16.2. The van der Waals surface area contributed by atoms with Crippen LogP contribution in [0.25, 0.3) is 0 Å². The van der Waals surface area contributed by atoms with E-state index in [9.17, 15) is 4.79 Å². The zero-order chi connectivity index (χ0) is 13.9. The van der Waals surface area contributed by atoms with E-state index < -0.39 is 0 Å². The van der Waals surface area contributed by atoms with Crippen LogP contribution in [0.2, 0.25) is 0 Å². The van der Waals surface area contributed by atoms with Gasteiger partial charge in [0.1, 0.15) is 5.82 Å². The molecule has 110 valence electrons. The molecule has 1 aromatic heterocycles. The van der Waals surface area contributed by atoms with Crippen LogP contribution in [0.15, 0.2) is 12.4 Å². The van der Waals surface area contributed by atoms with Crippen LogP contribution in [-0.2, 0) is 11.3 Å². The van der Waals surface area contributed by atoms with Gasteiger partial charge in [0.2, 0.25) is 5.91 Å². The Morgan fingerprint density at radius 2 is 2.10 bits per heavy atom. The molecule has 0 bridgehead atoms. The van der Waals surface area contributed by atoms with Gasteiger partial charge in [-0.2, -0.15) is 0 Å². The lowest BCUT2D eigenvalue weighted by atomic mass is 9.67. The van der Waals surface area contributed by atoms with Gasteiger partial charge in [-0.1, -0.05) is 25.7 Å². The number of aromatic amines is 1. The highest BCUT2D eigenvalue weighted by Crippen LogP contribution is 2.43. The second kappa shape index (κ2) is 5.98. The van der Waals surface area contributed by atoms with Crippen molar-refractivity contribution in [1.82, 2.24) is 14.9 Å². The summed E-state index contributed by atoms with van der Waals surface area (Å²) in [6.45, 7) is 0.594. The van der Waals surface area contributed by atoms with Crippen LogP contribution in [0.3, 0.4) is 0 Å². The molecule has 0 spiro atoms. The van der Waals surface area contributed by atoms with E-state index in [2.05, 4.69) is 9.97 Å². The molecule has 1 aromatic rings. The van der Waals surface area contributed by atoms with Gasteiger partial charge >= 0.3 is 0 Å². The van der Waals surface area contributed by atoms with Crippen molar-refractivity contribution in [3.05, 3.63) is 18.2 Å². The zero-order valence-corrected chi connectivity index (χ0v) is 12.3. The highest BCUT2D eigenvalue weighted by Gasteiger charge is 2.35. The quantitative estimate of drug-likeness (QED) is 0.922. The summed E-state index contributed by atoms with van der Waals surface area (Å²) >= 11 is 0. The molecule has 4 heteroatoms. The van der Waals surface area contributed by atoms with Crippen LogP contribution in [0.5, 0.6) is 0 Å². The number of aromatic nitrogens is 2. The van der Waals surface area contributed by atoms with E-state index >= 15 is 0 Å². The smallest absolute Gasteiger partial charge is 0.225 e. The normalized spacial score (nSPS) is 29.8. The molecule has 0 radical (unpaired) electrons. The van der Waals surface area contributed by atoms with Crippen molar-refractivity contribution in [1.29, 1.82) is 0 Å². The monoisotopic (exact) mass is 275 g/mol. The zero-order valence-electron chi connectivity index (χ0n) is 12.3. The average Bonchev–Trinajstić information content (AvgIpc) is 2.99. The number of nitrogens with zero attached hydrogens (tertiary/aromatic N) is 2. The van der Waals surface area contributed by atoms with E-state index in [1.165, 1.54) is 32.1 Å². The Morgan fingerprint density at radius 1 is 1.30 bits per heavy atom. The third-order valence-corrected chi connectivity index (χ3v) is 5.21. The minimum atomic E-state index is 0.245. The van der Waals surface area contributed by atoms with E-state index in [0.717, 1.165) is 30.5 Å². The number of amides is 1. The molecule has 2 aliphatic carbocycles. The standard InChI is InChI=1S/C16H25N3O/c1-19(11-15-17-8-9-18-15)16(20)14-7-6-12-4-2-3-5-13(12)10-14/h8-9,12-14H,2-7,10-11H2,1H3,(H,17,18). The van der Waals surface area contributed by atoms with Gasteiger partial charge < -0.3 is 9.88 Å². The fourth-order valence-electron chi connectivity index (χ4n) is 4.10. The van der Waals surface area contributed by atoms with Crippen LogP contribution in [0.1, 0.15) is 50.8 Å². The molecule has 1 amide bonds. The van der Waals surface area contributed by atoms with Gasteiger partial charge in [-0.15, -0.1) is 0 Å². The fourth-order valence-corrected chi connectivity index (χ4v) is 4.10. The third kappa shape index (κ3) is 2.89. The Bertz CT molecular complexity index is 443. The number of fused-ring (bicyclic) bond motifs is 1. The summed E-state index contributed by atoms with van der Waals surface area (Å²) in [7, 11) is 1.90. The lowest BCUT2D eigenvalue weighted by Crippen LogP contribution is -2.38. The molecule has 4 nitrogen and oxygen atoms in total. The van der Waals surface area contributed by atoms with E-state index in [1.54, 1.807) is 12.4 Å². The summed E-state index contributed by atoms with van der Waals surface area (Å²) in [5.41, 5.74) is 0. The lowest BCUT2D eigenvalue weighted by Gasteiger charge is -2.39. The highest BCUT2D eigenvalue weighted by molar-refractivity contribution is 5.78. The third-order valence-electron chi connectivity index (χ3n) is 5.21. The summed E-state index contributed by atoms with van der Waals surface area (Å²) in [4.78, 5) is 21.7. The molecule has 2 saturated carbocycles. The molecule has 1 N–H and O–H groups in total. The number of hydrogen-bond donors (Lipinski definition) is 1. The number of nitrogens with one attached hydrogen (secondary N) is 1. The van der Waals surface area contributed by atoms with Crippen LogP contribution in [-0.4, -0.2) is 27.8 Å². The largest absolute Gasteiger partial charge is 0.347 e. The van der Waals surface area contributed by atoms with Crippen LogP contribution in [0, 0.1) is 17.8 Å². The van der Waals surface area contributed by atoms with Crippen molar-refractivity contribution in [3.63, 3.8) is 0 Å². The molecule has 20 heavy (non-hydrogen) atoms. The SMILES string of the molecule is CN(Cc1ncc[nH]1)C(=O)C1CCC2CCCCC2C1. The molecular weight excluding hydrogens is 250 g/mol. The topological polar surface area (TPSA) is 49.0 Å². The van der Waals surface area contributed by atoms with Gasteiger partial charge in [0.05, 0.1) is 6.54 Å². The number of carbonyl (C=O) groups excluding carboxylic acids is 1. The molecule has 3 rings (SSSR count). The van der Waals surface area contributed by atoms with Crippen molar-refractivity contribution in [3.8, 4) is 0 Å². The van der Waals surface area contributed by atoms with Crippen LogP contribution in [0.4, 0.5) is 0 Å². The molecule has 2 fully saturated rings. The van der Waals surface area contributed by atoms with Crippen LogP contribution >= 0.6 is 0 Å². The van der Waals surface area contributed by atoms with Crippen molar-refractivity contribution in [2.24, 2.45) is 17.8 Å². The maximum Gasteiger partial charge on any atom is 0.225 e. The van der Waals surface area contributed by atoms with Gasteiger partial charge in [0.15, 0.2) is 0 Å². The van der Waals surface area contributed by atoms with Gasteiger partial charge in [-0.05, 0) is 31.1 Å². The summed E-state index contributed by atoms with van der Waals surface area (Å²) in [6, 6.07) is 0. The number of rotatable bonds is 3. The average molecular weight is 275 g/mol. The maximum absolute atomic E-state index is 12.6. The molecule has 2 aliphatic rings. The van der Waals surface area contributed by atoms with Crippen molar-refractivity contribution < 1.29 is 4.79 Å². The Hall–Kier alpha value is -1.32. The van der Waals surface area contributed by atoms with Gasteiger partial charge in [0.25, 0.3) is 0 Å². The van der Waals surface area contributed by atoms with E-state index in [1.807, 2.05) is 11.9 Å². The Balaban J connectivity index is 1.56. The molecule has 0 aliphatic heterocycles. The molecule has 1 heterocycles. The Kier molecular flexibility index (Phi) is 4.08. The summed E-state index contributed by atoms with van der Waals surface area (Å²) in [6.07, 6.45) is 12.5. The van der Waals surface area contributed by atoms with Gasteiger partial charge in [0, 0.05) is 25.4 Å². The second-order valence-electron chi connectivity index (χ2n) is 6.54. The van der Waals surface area contributed by atoms with E-state index in [4.69, 9.17) is 0 Å². The maximum atomic E-state index is 12.6. The van der Waals surface area contributed by atoms with E-state index in [-0.39, 0.29) is 5.92 Å². The summed E-state index contributed by atoms with van der Waals surface area (Å²) in [5.74, 6) is 3.14. The molecule has 0 aromatic carbocycles. The number of hydrogen-bond acceptors (Lipinski definition) is 2. The minimum absolute atomic E-state index is 0.245. The lowest BCUT2D eigenvalue weighted by molar-refractivity contribution is -0.137. The second-order valence-corrected chi connectivity index (χ2v) is 6.54. The Morgan fingerprint density at radius 3 is 2.85 bits per heavy atom. The predicted molar refractivity (Wildman–Crippen MR) is 77.9 cm³/mol. The van der Waals surface area contributed by atoms with Crippen molar-refractivity contribution >= 4 is 5.91 Å². The van der Waals surface area contributed by atoms with E-state index in [0.29, 0.717) is 12.5 Å². The van der Waals surface area contributed by atoms with Crippen molar-refractivity contribution in [2.75, 3.05) is 7.05 Å². The minimum Gasteiger partial charge on any atom is -0.347 e. The van der Waals surface area contributed by atoms with Crippen molar-refractivity contribution in [2.45, 2.75) is 51.5 Å². The van der Waals surface area contributed by atoms with Gasteiger partial charge in [-0.3, -0.25) is 4.79 Å². The summed E-state index contributed by atoms with van der Waals surface area (Å²) in [5, 5.41) is 0. The number of H-pyrrole nitrogens is 1. The summed E-state index contributed by atoms with van der Waals surface area (Å²) < 4.78 is 0.